The van der Waals surface area contributed by atoms with Crippen molar-refractivity contribution in [3.05, 3.63) is 29.3 Å². The monoisotopic (exact) mass is 298 g/mol. The van der Waals surface area contributed by atoms with E-state index in [-0.39, 0.29) is 12.5 Å². The van der Waals surface area contributed by atoms with E-state index < -0.39 is 18.6 Å². The Morgan fingerprint density at radius 1 is 1.50 bits per heavy atom. The number of morpholine rings is 1. The number of hydrogen-bond acceptors (Lipinski definition) is 4. The highest BCUT2D eigenvalue weighted by atomic mass is 35.5. The van der Waals surface area contributed by atoms with Gasteiger partial charge in [0.15, 0.2) is 0 Å². The molecule has 20 heavy (non-hydrogen) atoms. The van der Waals surface area contributed by atoms with E-state index in [9.17, 15) is 9.59 Å². The van der Waals surface area contributed by atoms with E-state index in [1.807, 2.05) is 0 Å². The number of nitrogens with zero attached hydrogens (tertiary/aromatic N) is 1. The number of anilines is 1. The Kier molecular flexibility index (Phi) is 4.94. The molecule has 1 saturated heterocycles. The van der Waals surface area contributed by atoms with Crippen molar-refractivity contribution in [2.75, 3.05) is 31.2 Å². The standard InChI is InChI=1S/C13H15ClN2O4/c14-9-2-1-3-10(6-9)16(7-12(17)18)13(19)11-8-20-5-4-15-11/h1-3,6,11,15H,4-5,7-8H2,(H,17,18). The molecule has 1 atom stereocenters. The van der Waals surface area contributed by atoms with E-state index in [2.05, 4.69) is 5.32 Å². The van der Waals surface area contributed by atoms with Gasteiger partial charge in [-0.25, -0.2) is 0 Å². The van der Waals surface area contributed by atoms with E-state index >= 15 is 0 Å². The van der Waals surface area contributed by atoms with Crippen LogP contribution >= 0.6 is 11.6 Å². The van der Waals surface area contributed by atoms with Crippen LogP contribution in [0.3, 0.4) is 0 Å². The van der Waals surface area contributed by atoms with Crippen LogP contribution in [0.15, 0.2) is 24.3 Å². The molecular formula is C13H15ClN2O4. The zero-order chi connectivity index (χ0) is 14.5. The summed E-state index contributed by atoms with van der Waals surface area (Å²) in [6.45, 7) is 0.916. The molecule has 7 heteroatoms. The minimum Gasteiger partial charge on any atom is -0.480 e. The number of aliphatic carboxylic acids is 1. The Morgan fingerprint density at radius 2 is 2.30 bits per heavy atom. The highest BCUT2D eigenvalue weighted by molar-refractivity contribution is 6.31. The first-order valence-electron chi connectivity index (χ1n) is 6.18. The van der Waals surface area contributed by atoms with Gasteiger partial charge in [0.25, 0.3) is 0 Å². The zero-order valence-electron chi connectivity index (χ0n) is 10.7. The molecule has 1 fully saturated rings. The van der Waals surface area contributed by atoms with E-state index in [4.69, 9.17) is 21.4 Å². The third-order valence-electron chi connectivity index (χ3n) is 2.90. The van der Waals surface area contributed by atoms with Crippen molar-refractivity contribution >= 4 is 29.2 Å². The lowest BCUT2D eigenvalue weighted by Crippen LogP contribution is -2.53. The topological polar surface area (TPSA) is 78.9 Å². The minimum absolute atomic E-state index is 0.232. The molecule has 1 aromatic rings. The van der Waals surface area contributed by atoms with Gasteiger partial charge in [-0.05, 0) is 18.2 Å². The molecule has 1 amide bonds. The van der Waals surface area contributed by atoms with Crippen molar-refractivity contribution in [3.63, 3.8) is 0 Å². The van der Waals surface area contributed by atoms with Crippen molar-refractivity contribution in [1.82, 2.24) is 5.32 Å². The molecule has 1 aliphatic rings. The molecule has 0 bridgehead atoms. The number of halogens is 1. The number of benzene rings is 1. The average Bonchev–Trinajstić information content (AvgIpc) is 2.45. The Bertz CT molecular complexity index is 503. The van der Waals surface area contributed by atoms with E-state index in [0.717, 1.165) is 0 Å². The predicted octanol–water partition coefficient (Wildman–Crippen LogP) is 0.746. The minimum atomic E-state index is -1.09. The summed E-state index contributed by atoms with van der Waals surface area (Å²) in [6, 6.07) is 6.01. The van der Waals surface area contributed by atoms with Crippen molar-refractivity contribution in [3.8, 4) is 0 Å². The van der Waals surface area contributed by atoms with Gasteiger partial charge in [-0.15, -0.1) is 0 Å². The van der Waals surface area contributed by atoms with Crippen LogP contribution in [0, 0.1) is 0 Å². The van der Waals surface area contributed by atoms with Crippen LogP contribution < -0.4 is 10.2 Å². The molecule has 2 rings (SSSR count). The number of rotatable bonds is 4. The number of nitrogens with one attached hydrogen (secondary N) is 1. The van der Waals surface area contributed by atoms with Gasteiger partial charge in [-0.1, -0.05) is 17.7 Å². The highest BCUT2D eigenvalue weighted by Crippen LogP contribution is 2.20. The number of carbonyl (C=O) groups excluding carboxylic acids is 1. The highest BCUT2D eigenvalue weighted by Gasteiger charge is 2.28. The van der Waals surface area contributed by atoms with Crippen LogP contribution in [0.2, 0.25) is 5.02 Å². The van der Waals surface area contributed by atoms with Crippen LogP contribution in [0.5, 0.6) is 0 Å². The molecule has 6 nitrogen and oxygen atoms in total. The summed E-state index contributed by atoms with van der Waals surface area (Å²) >= 11 is 5.89. The molecule has 108 valence electrons. The number of amides is 1. The lowest BCUT2D eigenvalue weighted by molar-refractivity contribution is -0.137. The fraction of sp³-hybridized carbons (Fsp3) is 0.385. The van der Waals surface area contributed by atoms with Gasteiger partial charge in [0.1, 0.15) is 12.6 Å². The second kappa shape index (κ2) is 6.69. The summed E-state index contributed by atoms with van der Waals surface area (Å²) in [6.07, 6.45) is 0. The largest absolute Gasteiger partial charge is 0.480 e. The number of carbonyl (C=O) groups is 2. The molecule has 0 radical (unpaired) electrons. The van der Waals surface area contributed by atoms with Gasteiger partial charge in [-0.3, -0.25) is 14.5 Å². The first-order chi connectivity index (χ1) is 9.58. The Morgan fingerprint density at radius 3 is 2.90 bits per heavy atom. The molecule has 0 spiro atoms. The molecule has 1 aliphatic heterocycles. The van der Waals surface area contributed by atoms with Gasteiger partial charge >= 0.3 is 5.97 Å². The normalized spacial score (nSPS) is 18.6. The Balaban J connectivity index is 2.22. The van der Waals surface area contributed by atoms with Crippen molar-refractivity contribution in [2.24, 2.45) is 0 Å². The smallest absolute Gasteiger partial charge is 0.323 e. The predicted molar refractivity (Wildman–Crippen MR) is 74.1 cm³/mol. The third kappa shape index (κ3) is 3.69. The maximum absolute atomic E-state index is 12.4. The van der Waals surface area contributed by atoms with Gasteiger partial charge in [-0.2, -0.15) is 0 Å². The summed E-state index contributed by atoms with van der Waals surface area (Å²) in [5, 5.41) is 12.4. The Hall–Kier alpha value is -1.63. The van der Waals surface area contributed by atoms with Crippen LogP contribution in [-0.4, -0.2) is 49.3 Å². The van der Waals surface area contributed by atoms with Gasteiger partial charge < -0.3 is 15.2 Å². The fourth-order valence-electron chi connectivity index (χ4n) is 1.99. The third-order valence-corrected chi connectivity index (χ3v) is 3.13. The molecule has 0 saturated carbocycles. The van der Waals surface area contributed by atoms with Crippen LogP contribution in [0.25, 0.3) is 0 Å². The molecule has 1 aromatic carbocycles. The molecule has 0 aliphatic carbocycles. The summed E-state index contributed by atoms with van der Waals surface area (Å²) in [4.78, 5) is 24.6. The quantitative estimate of drug-likeness (QED) is 0.857. The second-order valence-corrected chi connectivity index (χ2v) is 4.82. The van der Waals surface area contributed by atoms with Crippen molar-refractivity contribution < 1.29 is 19.4 Å². The maximum atomic E-state index is 12.4. The summed E-state index contributed by atoms with van der Waals surface area (Å²) in [5.74, 6) is -1.43. The van der Waals surface area contributed by atoms with Crippen LogP contribution in [0.4, 0.5) is 5.69 Å². The summed E-state index contributed by atoms with van der Waals surface area (Å²) in [5.41, 5.74) is 0.456. The number of hydrogen-bond donors (Lipinski definition) is 2. The van der Waals surface area contributed by atoms with E-state index in [1.165, 1.54) is 4.90 Å². The van der Waals surface area contributed by atoms with Gasteiger partial charge in [0.2, 0.25) is 5.91 Å². The lowest BCUT2D eigenvalue weighted by atomic mass is 10.2. The average molecular weight is 299 g/mol. The summed E-state index contributed by atoms with van der Waals surface area (Å²) in [7, 11) is 0. The molecule has 0 aromatic heterocycles. The molecule has 1 heterocycles. The number of carboxylic acid groups (broad SMARTS) is 1. The molecular weight excluding hydrogens is 284 g/mol. The van der Waals surface area contributed by atoms with Crippen LogP contribution in [-0.2, 0) is 14.3 Å². The number of carboxylic acids is 1. The van der Waals surface area contributed by atoms with Crippen LogP contribution in [0.1, 0.15) is 0 Å². The second-order valence-electron chi connectivity index (χ2n) is 4.38. The molecule has 2 N–H and O–H groups in total. The van der Waals surface area contributed by atoms with E-state index in [0.29, 0.717) is 23.9 Å². The maximum Gasteiger partial charge on any atom is 0.323 e. The first kappa shape index (κ1) is 14.8. The van der Waals surface area contributed by atoms with Gasteiger partial charge in [0, 0.05) is 17.3 Å². The summed E-state index contributed by atoms with van der Waals surface area (Å²) < 4.78 is 5.23. The van der Waals surface area contributed by atoms with Crippen molar-refractivity contribution in [1.29, 1.82) is 0 Å². The SMILES string of the molecule is O=C(O)CN(C(=O)C1COCCN1)c1cccc(Cl)c1. The fourth-order valence-corrected chi connectivity index (χ4v) is 2.17. The van der Waals surface area contributed by atoms with E-state index in [1.54, 1.807) is 24.3 Å². The lowest BCUT2D eigenvalue weighted by Gasteiger charge is -2.29. The Labute approximate surface area is 121 Å². The molecule has 1 unspecified atom stereocenters. The number of ether oxygens (including phenoxy) is 1. The first-order valence-corrected chi connectivity index (χ1v) is 6.55. The van der Waals surface area contributed by atoms with Crippen molar-refractivity contribution in [2.45, 2.75) is 6.04 Å². The zero-order valence-corrected chi connectivity index (χ0v) is 11.5. The van der Waals surface area contributed by atoms with Gasteiger partial charge in [0.05, 0.1) is 13.2 Å².